The minimum Gasteiger partial charge on any atom is -0.496 e. The number of nitrogens with zero attached hydrogens (tertiary/aromatic N) is 4. The van der Waals surface area contributed by atoms with E-state index in [-0.39, 0.29) is 11.5 Å². The molecule has 0 saturated heterocycles. The standard InChI is InChI=1S/C24H26N6O2/c1-4-30(5-2)16-19-13-17(11-12-21(19)32-3)15-26-29-24-27-22(18-9-7-6-8-10-18)20(14-25)23(31)28-24/h6-13,15H,4-5,16H2,1-3H3,(H2,27,28,29,31). The first-order valence-electron chi connectivity index (χ1n) is 10.4. The molecule has 0 atom stereocenters. The first kappa shape index (κ1) is 22.7. The van der Waals surface area contributed by atoms with Crippen LogP contribution in [0.25, 0.3) is 11.3 Å². The van der Waals surface area contributed by atoms with Gasteiger partial charge in [0.2, 0.25) is 5.95 Å². The number of aromatic amines is 1. The molecule has 32 heavy (non-hydrogen) atoms. The van der Waals surface area contributed by atoms with Crippen LogP contribution in [0.3, 0.4) is 0 Å². The van der Waals surface area contributed by atoms with E-state index < -0.39 is 5.56 Å². The zero-order valence-electron chi connectivity index (χ0n) is 18.4. The SMILES string of the molecule is CCN(CC)Cc1cc(C=NNc2nc(-c3ccccc3)c(C#N)c(=O)[nH]2)ccc1OC. The molecule has 0 amide bonds. The predicted octanol–water partition coefficient (Wildman–Crippen LogP) is 3.60. The number of benzene rings is 2. The molecule has 1 aromatic heterocycles. The summed E-state index contributed by atoms with van der Waals surface area (Å²) in [4.78, 5) is 21.6. The third-order valence-corrected chi connectivity index (χ3v) is 5.06. The summed E-state index contributed by atoms with van der Waals surface area (Å²) in [6.07, 6.45) is 1.64. The number of H-pyrrole nitrogens is 1. The van der Waals surface area contributed by atoms with Crippen molar-refractivity contribution in [3.05, 3.63) is 75.6 Å². The predicted molar refractivity (Wildman–Crippen MR) is 126 cm³/mol. The summed E-state index contributed by atoms with van der Waals surface area (Å²) in [5.41, 5.74) is 5.12. The maximum absolute atomic E-state index is 12.3. The molecule has 0 fully saturated rings. The molecule has 0 aliphatic rings. The molecule has 8 heteroatoms. The maximum atomic E-state index is 12.3. The number of nitrogens with one attached hydrogen (secondary N) is 2. The summed E-state index contributed by atoms with van der Waals surface area (Å²) in [5, 5.41) is 13.6. The van der Waals surface area contributed by atoms with Gasteiger partial charge in [-0.2, -0.15) is 10.4 Å². The van der Waals surface area contributed by atoms with Crippen LogP contribution >= 0.6 is 0 Å². The molecule has 0 bridgehead atoms. The molecule has 2 N–H and O–H groups in total. The lowest BCUT2D eigenvalue weighted by Crippen LogP contribution is -2.22. The van der Waals surface area contributed by atoms with E-state index in [1.165, 1.54) is 0 Å². The van der Waals surface area contributed by atoms with E-state index in [2.05, 4.69) is 39.2 Å². The number of hydrogen-bond acceptors (Lipinski definition) is 7. The minimum atomic E-state index is -0.523. The summed E-state index contributed by atoms with van der Waals surface area (Å²) < 4.78 is 5.49. The van der Waals surface area contributed by atoms with Crippen LogP contribution in [-0.2, 0) is 6.54 Å². The van der Waals surface area contributed by atoms with Gasteiger partial charge in [-0.05, 0) is 36.9 Å². The Hall–Kier alpha value is -3.96. The van der Waals surface area contributed by atoms with Gasteiger partial charge in [0.05, 0.1) is 19.0 Å². The smallest absolute Gasteiger partial charge is 0.270 e. The van der Waals surface area contributed by atoms with E-state index in [1.807, 2.05) is 42.5 Å². The van der Waals surface area contributed by atoms with Crippen LogP contribution < -0.4 is 15.7 Å². The zero-order chi connectivity index (χ0) is 22.9. The van der Waals surface area contributed by atoms with Gasteiger partial charge in [0, 0.05) is 17.7 Å². The zero-order valence-corrected chi connectivity index (χ0v) is 18.4. The van der Waals surface area contributed by atoms with Crippen LogP contribution in [0.4, 0.5) is 5.95 Å². The van der Waals surface area contributed by atoms with Crippen molar-refractivity contribution in [1.82, 2.24) is 14.9 Å². The number of ether oxygens (including phenoxy) is 1. The van der Waals surface area contributed by atoms with Gasteiger partial charge in [0.25, 0.3) is 5.56 Å². The average Bonchev–Trinajstić information content (AvgIpc) is 2.83. The van der Waals surface area contributed by atoms with E-state index in [9.17, 15) is 10.1 Å². The molecule has 8 nitrogen and oxygen atoms in total. The lowest BCUT2D eigenvalue weighted by molar-refractivity contribution is 0.289. The third-order valence-electron chi connectivity index (χ3n) is 5.06. The Balaban J connectivity index is 1.84. The molecule has 0 spiro atoms. The third kappa shape index (κ3) is 5.39. The highest BCUT2D eigenvalue weighted by Gasteiger charge is 2.13. The summed E-state index contributed by atoms with van der Waals surface area (Å²) in [6.45, 7) is 6.92. The van der Waals surface area contributed by atoms with E-state index in [0.29, 0.717) is 11.3 Å². The number of anilines is 1. The number of methoxy groups -OCH3 is 1. The Morgan fingerprint density at radius 2 is 1.97 bits per heavy atom. The van der Waals surface area contributed by atoms with Crippen molar-refractivity contribution in [3.8, 4) is 23.1 Å². The van der Waals surface area contributed by atoms with Crippen LogP contribution in [0.5, 0.6) is 5.75 Å². The fourth-order valence-electron chi connectivity index (χ4n) is 3.29. The van der Waals surface area contributed by atoms with Gasteiger partial charge in [0.15, 0.2) is 0 Å². The topological polar surface area (TPSA) is 106 Å². The molecule has 164 valence electrons. The van der Waals surface area contributed by atoms with Crippen LogP contribution in [-0.4, -0.2) is 41.3 Å². The van der Waals surface area contributed by atoms with Crippen molar-refractivity contribution < 1.29 is 4.74 Å². The van der Waals surface area contributed by atoms with Gasteiger partial charge < -0.3 is 4.74 Å². The number of aromatic nitrogens is 2. The maximum Gasteiger partial charge on any atom is 0.270 e. The summed E-state index contributed by atoms with van der Waals surface area (Å²) in [5.74, 6) is 0.980. The molecular weight excluding hydrogens is 404 g/mol. The van der Waals surface area contributed by atoms with Crippen LogP contribution in [0.2, 0.25) is 0 Å². The average molecular weight is 431 g/mol. The van der Waals surface area contributed by atoms with Crippen molar-refractivity contribution >= 4 is 12.2 Å². The van der Waals surface area contributed by atoms with Gasteiger partial charge in [-0.1, -0.05) is 44.2 Å². The highest BCUT2D eigenvalue weighted by Crippen LogP contribution is 2.22. The fraction of sp³-hybridized carbons (Fsp3) is 0.250. The highest BCUT2D eigenvalue weighted by atomic mass is 16.5. The second-order valence-corrected chi connectivity index (χ2v) is 7.02. The van der Waals surface area contributed by atoms with Gasteiger partial charge in [0.1, 0.15) is 17.4 Å². The minimum absolute atomic E-state index is 0.0399. The monoisotopic (exact) mass is 430 g/mol. The van der Waals surface area contributed by atoms with Crippen LogP contribution in [0.15, 0.2) is 58.4 Å². The van der Waals surface area contributed by atoms with Crippen LogP contribution in [0.1, 0.15) is 30.5 Å². The molecule has 0 aliphatic carbocycles. The summed E-state index contributed by atoms with van der Waals surface area (Å²) in [6, 6.07) is 16.9. The summed E-state index contributed by atoms with van der Waals surface area (Å²) in [7, 11) is 1.66. The number of rotatable bonds is 9. The van der Waals surface area contributed by atoms with Gasteiger partial charge in [-0.3, -0.25) is 14.7 Å². The summed E-state index contributed by atoms with van der Waals surface area (Å²) >= 11 is 0. The quantitative estimate of drug-likeness (QED) is 0.397. The van der Waals surface area contributed by atoms with Crippen molar-refractivity contribution in [2.24, 2.45) is 5.10 Å². The van der Waals surface area contributed by atoms with E-state index in [4.69, 9.17) is 4.74 Å². The molecule has 0 aliphatic heterocycles. The van der Waals surface area contributed by atoms with E-state index >= 15 is 0 Å². The van der Waals surface area contributed by atoms with Crippen molar-refractivity contribution in [2.75, 3.05) is 25.6 Å². The van der Waals surface area contributed by atoms with E-state index in [1.54, 1.807) is 25.5 Å². The van der Waals surface area contributed by atoms with Crippen molar-refractivity contribution in [2.45, 2.75) is 20.4 Å². The van der Waals surface area contributed by atoms with Crippen molar-refractivity contribution in [3.63, 3.8) is 0 Å². The first-order valence-corrected chi connectivity index (χ1v) is 10.4. The second-order valence-electron chi connectivity index (χ2n) is 7.02. The fourth-order valence-corrected chi connectivity index (χ4v) is 3.29. The van der Waals surface area contributed by atoms with Gasteiger partial charge in [-0.15, -0.1) is 0 Å². The molecule has 0 unspecified atom stereocenters. The molecule has 3 aromatic rings. The lowest BCUT2D eigenvalue weighted by Gasteiger charge is -2.19. The molecule has 0 radical (unpaired) electrons. The van der Waals surface area contributed by atoms with Crippen LogP contribution in [0, 0.1) is 11.3 Å². The Morgan fingerprint density at radius 1 is 1.22 bits per heavy atom. The lowest BCUT2D eigenvalue weighted by atomic mass is 10.1. The molecule has 1 heterocycles. The number of hydrazone groups is 1. The first-order chi connectivity index (χ1) is 15.6. The van der Waals surface area contributed by atoms with E-state index in [0.717, 1.165) is 36.5 Å². The Labute approximate surface area is 187 Å². The van der Waals surface area contributed by atoms with Crippen molar-refractivity contribution in [1.29, 1.82) is 5.26 Å². The second kappa shape index (κ2) is 10.9. The largest absolute Gasteiger partial charge is 0.496 e. The molecule has 2 aromatic carbocycles. The Morgan fingerprint density at radius 3 is 2.62 bits per heavy atom. The highest BCUT2D eigenvalue weighted by molar-refractivity contribution is 5.81. The molecule has 0 saturated carbocycles. The molecule has 3 rings (SSSR count). The Bertz CT molecular complexity index is 1180. The normalized spacial score (nSPS) is 11.0. The van der Waals surface area contributed by atoms with Gasteiger partial charge >= 0.3 is 0 Å². The Kier molecular flexibility index (Phi) is 7.73. The number of hydrogen-bond donors (Lipinski definition) is 2. The molecular formula is C24H26N6O2. The van der Waals surface area contributed by atoms with Gasteiger partial charge in [-0.25, -0.2) is 10.4 Å². The number of nitriles is 1.